The Labute approximate surface area is 202 Å². The van der Waals surface area contributed by atoms with E-state index in [9.17, 15) is 8.78 Å². The smallest absolute Gasteiger partial charge is 0.387 e. The highest BCUT2D eigenvalue weighted by Crippen LogP contribution is 2.25. The number of aryl methyl sites for hydroxylation is 1. The van der Waals surface area contributed by atoms with Crippen molar-refractivity contribution in [1.82, 2.24) is 20.3 Å². The Morgan fingerprint density at radius 1 is 1.29 bits per heavy atom. The van der Waals surface area contributed by atoms with Gasteiger partial charge >= 0.3 is 6.61 Å². The van der Waals surface area contributed by atoms with Crippen LogP contribution in [0.2, 0.25) is 5.02 Å². The molecule has 1 aromatic carbocycles. The van der Waals surface area contributed by atoms with Gasteiger partial charge in [-0.15, -0.1) is 24.0 Å². The number of rotatable bonds is 7. The van der Waals surface area contributed by atoms with E-state index in [1.54, 1.807) is 6.07 Å². The number of nitrogens with one attached hydrogen (secondary N) is 1. The first-order valence-corrected chi connectivity index (χ1v) is 10.2. The number of aromatic nitrogens is 1. The number of hydrogen-bond acceptors (Lipinski definition) is 5. The molecule has 0 unspecified atom stereocenters. The summed E-state index contributed by atoms with van der Waals surface area (Å²) in [6, 6.07) is 6.51. The number of benzene rings is 1. The number of alkyl halides is 2. The zero-order valence-electron chi connectivity index (χ0n) is 17.5. The molecule has 1 fully saturated rings. The van der Waals surface area contributed by atoms with E-state index >= 15 is 0 Å². The van der Waals surface area contributed by atoms with E-state index in [-0.39, 0.29) is 36.3 Å². The molecule has 1 aliphatic rings. The van der Waals surface area contributed by atoms with Gasteiger partial charge in [-0.05, 0) is 32.0 Å². The Bertz CT molecular complexity index is 860. The lowest BCUT2D eigenvalue weighted by Crippen LogP contribution is -2.52. The summed E-state index contributed by atoms with van der Waals surface area (Å²) in [7, 11) is 0. The third-order valence-electron chi connectivity index (χ3n) is 4.71. The summed E-state index contributed by atoms with van der Waals surface area (Å²) < 4.78 is 35.1. The van der Waals surface area contributed by atoms with Crippen LogP contribution in [0, 0.1) is 6.92 Å². The van der Waals surface area contributed by atoms with Gasteiger partial charge in [0.15, 0.2) is 5.96 Å². The van der Waals surface area contributed by atoms with E-state index < -0.39 is 6.61 Å². The lowest BCUT2D eigenvalue weighted by molar-refractivity contribution is -0.0504. The van der Waals surface area contributed by atoms with Gasteiger partial charge in [0.05, 0.1) is 12.2 Å². The second-order valence-electron chi connectivity index (χ2n) is 6.99. The minimum atomic E-state index is -2.90. The summed E-state index contributed by atoms with van der Waals surface area (Å²) in [5.41, 5.74) is 1.44. The molecule has 1 N–H and O–H groups in total. The van der Waals surface area contributed by atoms with Crippen LogP contribution in [-0.4, -0.2) is 60.3 Å². The van der Waals surface area contributed by atoms with Gasteiger partial charge in [-0.3, -0.25) is 4.90 Å². The molecule has 3 rings (SSSR count). The second kappa shape index (κ2) is 12.4. The molecule has 0 radical (unpaired) electrons. The lowest BCUT2D eigenvalue weighted by atomic mass is 10.2. The Hall–Kier alpha value is -1.66. The highest BCUT2D eigenvalue weighted by molar-refractivity contribution is 14.0. The maximum atomic E-state index is 12.7. The van der Waals surface area contributed by atoms with Gasteiger partial charge in [-0.2, -0.15) is 8.78 Å². The van der Waals surface area contributed by atoms with Crippen LogP contribution in [0.15, 0.2) is 33.8 Å². The second-order valence-corrected chi connectivity index (χ2v) is 7.43. The standard InChI is InChI=1S/C20H26ClF2N5O2.HI/c1-3-24-20(25-12-15-11-16(21)4-5-18(15)29-19(22)23)28-8-6-27(7-9-28)13-17-10-14(2)30-26-17;/h4-5,10-11,19H,3,6-9,12-13H2,1-2H3,(H,24,25);1H. The van der Waals surface area contributed by atoms with Crippen LogP contribution in [0.5, 0.6) is 5.75 Å². The number of aliphatic imine (C=N–C) groups is 1. The Morgan fingerprint density at radius 3 is 2.65 bits per heavy atom. The first-order chi connectivity index (χ1) is 14.4. The van der Waals surface area contributed by atoms with Crippen molar-refractivity contribution in [2.24, 2.45) is 4.99 Å². The van der Waals surface area contributed by atoms with E-state index in [0.717, 1.165) is 50.1 Å². The average Bonchev–Trinajstić information content (AvgIpc) is 3.12. The normalized spacial score (nSPS) is 15.2. The minimum absolute atomic E-state index is 0. The van der Waals surface area contributed by atoms with Crippen molar-refractivity contribution >= 4 is 41.5 Å². The summed E-state index contributed by atoms with van der Waals surface area (Å²) in [5, 5.41) is 7.77. The zero-order valence-corrected chi connectivity index (χ0v) is 20.6. The number of ether oxygens (including phenoxy) is 1. The molecule has 0 saturated carbocycles. The van der Waals surface area contributed by atoms with Crippen molar-refractivity contribution in [2.75, 3.05) is 32.7 Å². The number of hydrogen-bond donors (Lipinski definition) is 1. The Kier molecular flexibility index (Phi) is 10.2. The zero-order chi connectivity index (χ0) is 21.5. The predicted octanol–water partition coefficient (Wildman–Crippen LogP) is 4.14. The van der Waals surface area contributed by atoms with Crippen molar-refractivity contribution in [3.05, 3.63) is 46.3 Å². The Morgan fingerprint density at radius 2 is 2.03 bits per heavy atom. The van der Waals surface area contributed by atoms with Gasteiger partial charge in [0.1, 0.15) is 11.5 Å². The molecule has 0 amide bonds. The molecule has 1 saturated heterocycles. The molecule has 2 heterocycles. The van der Waals surface area contributed by atoms with E-state index in [4.69, 9.17) is 16.1 Å². The molecular weight excluding hydrogens is 543 g/mol. The van der Waals surface area contributed by atoms with E-state index in [1.807, 2.05) is 19.9 Å². The van der Waals surface area contributed by atoms with Crippen molar-refractivity contribution in [1.29, 1.82) is 0 Å². The van der Waals surface area contributed by atoms with Crippen molar-refractivity contribution < 1.29 is 18.0 Å². The fourth-order valence-corrected chi connectivity index (χ4v) is 3.50. The van der Waals surface area contributed by atoms with Crippen molar-refractivity contribution in [2.45, 2.75) is 33.5 Å². The van der Waals surface area contributed by atoms with Gasteiger partial charge < -0.3 is 19.5 Å². The summed E-state index contributed by atoms with van der Waals surface area (Å²) in [4.78, 5) is 9.10. The van der Waals surface area contributed by atoms with Gasteiger partial charge in [0.25, 0.3) is 0 Å². The molecule has 0 bridgehead atoms. The van der Waals surface area contributed by atoms with Crippen LogP contribution < -0.4 is 10.1 Å². The number of piperazine rings is 1. The third kappa shape index (κ3) is 7.76. The largest absolute Gasteiger partial charge is 0.434 e. The molecule has 2 aromatic rings. The molecule has 7 nitrogen and oxygen atoms in total. The van der Waals surface area contributed by atoms with E-state index in [1.165, 1.54) is 12.1 Å². The molecular formula is C20H27ClF2IN5O2. The van der Waals surface area contributed by atoms with Crippen molar-refractivity contribution in [3.63, 3.8) is 0 Å². The van der Waals surface area contributed by atoms with E-state index in [2.05, 4.69) is 30.0 Å². The number of guanidine groups is 1. The molecule has 172 valence electrons. The van der Waals surface area contributed by atoms with Crippen LogP contribution in [0.1, 0.15) is 23.9 Å². The fraction of sp³-hybridized carbons (Fsp3) is 0.500. The molecule has 1 aromatic heterocycles. The molecule has 0 aliphatic carbocycles. The third-order valence-corrected chi connectivity index (χ3v) is 4.94. The fourth-order valence-electron chi connectivity index (χ4n) is 3.31. The molecule has 31 heavy (non-hydrogen) atoms. The summed E-state index contributed by atoms with van der Waals surface area (Å²) in [6.45, 7) is 5.89. The topological polar surface area (TPSA) is 66.1 Å². The van der Waals surface area contributed by atoms with Crippen LogP contribution >= 0.6 is 35.6 Å². The molecule has 1 aliphatic heterocycles. The van der Waals surface area contributed by atoms with Gasteiger partial charge in [0, 0.05) is 55.9 Å². The number of halogens is 4. The van der Waals surface area contributed by atoms with Crippen molar-refractivity contribution in [3.8, 4) is 5.75 Å². The molecule has 0 spiro atoms. The Balaban J connectivity index is 0.00000341. The lowest BCUT2D eigenvalue weighted by Gasteiger charge is -2.36. The van der Waals surface area contributed by atoms with Gasteiger partial charge in [-0.25, -0.2) is 4.99 Å². The minimum Gasteiger partial charge on any atom is -0.434 e. The first kappa shape index (κ1) is 25.6. The van der Waals surface area contributed by atoms with E-state index in [0.29, 0.717) is 17.1 Å². The monoisotopic (exact) mass is 569 g/mol. The van der Waals surface area contributed by atoms with Crippen LogP contribution in [0.4, 0.5) is 8.78 Å². The highest BCUT2D eigenvalue weighted by atomic mass is 127. The first-order valence-electron chi connectivity index (χ1n) is 9.85. The summed E-state index contributed by atoms with van der Waals surface area (Å²) in [5.74, 6) is 1.63. The highest BCUT2D eigenvalue weighted by Gasteiger charge is 2.21. The van der Waals surface area contributed by atoms with Crippen LogP contribution in [0.3, 0.4) is 0 Å². The summed E-state index contributed by atoms with van der Waals surface area (Å²) >= 11 is 6.03. The maximum absolute atomic E-state index is 12.7. The molecule has 0 atom stereocenters. The number of nitrogens with zero attached hydrogens (tertiary/aromatic N) is 4. The summed E-state index contributed by atoms with van der Waals surface area (Å²) in [6.07, 6.45) is 0. The van der Waals surface area contributed by atoms with Gasteiger partial charge in [0.2, 0.25) is 0 Å². The maximum Gasteiger partial charge on any atom is 0.387 e. The molecule has 11 heteroatoms. The van der Waals surface area contributed by atoms with Gasteiger partial charge in [-0.1, -0.05) is 16.8 Å². The quantitative estimate of drug-likeness (QED) is 0.307. The van der Waals surface area contributed by atoms with Crippen LogP contribution in [0.25, 0.3) is 0 Å². The van der Waals surface area contributed by atoms with Crippen LogP contribution in [-0.2, 0) is 13.1 Å². The average molecular weight is 570 g/mol. The predicted molar refractivity (Wildman–Crippen MR) is 126 cm³/mol. The SMILES string of the molecule is CCNC(=NCc1cc(Cl)ccc1OC(F)F)N1CCN(Cc2cc(C)on2)CC1.I.